The minimum atomic E-state index is 0.213. The highest BCUT2D eigenvalue weighted by Gasteiger charge is 2.41. The summed E-state index contributed by atoms with van der Waals surface area (Å²) in [5.41, 5.74) is 2.18. The van der Waals surface area contributed by atoms with Crippen LogP contribution >= 0.6 is 11.8 Å². The number of hydrogen-bond acceptors (Lipinski definition) is 2. The summed E-state index contributed by atoms with van der Waals surface area (Å²) in [6, 6.07) is 8.70. The van der Waals surface area contributed by atoms with Crippen molar-refractivity contribution in [2.24, 2.45) is 0 Å². The van der Waals surface area contributed by atoms with Crippen molar-refractivity contribution < 1.29 is 4.79 Å². The fraction of sp³-hybridized carbons (Fsp3) is 0.438. The van der Waals surface area contributed by atoms with Crippen LogP contribution in [0.25, 0.3) is 0 Å². The predicted molar refractivity (Wildman–Crippen MR) is 79.6 cm³/mol. The van der Waals surface area contributed by atoms with Crippen LogP contribution in [0.5, 0.6) is 0 Å². The van der Waals surface area contributed by atoms with Crippen molar-refractivity contribution in [3.8, 4) is 0 Å². The molecule has 100 valence electrons. The topological polar surface area (TPSA) is 20.3 Å². The third kappa shape index (κ3) is 2.20. The van der Waals surface area contributed by atoms with Crippen LogP contribution < -0.4 is 0 Å². The number of fused-ring (bicyclic) bond motifs is 2. The minimum absolute atomic E-state index is 0.213. The first-order valence-electron chi connectivity index (χ1n) is 6.83. The molecule has 0 spiro atoms. The molecule has 0 saturated carbocycles. The largest absolute Gasteiger partial charge is 0.332 e. The number of benzene rings is 1. The molecule has 3 rings (SSSR count). The second-order valence-corrected chi connectivity index (χ2v) is 6.30. The van der Waals surface area contributed by atoms with Gasteiger partial charge in [0.25, 0.3) is 5.91 Å². The fourth-order valence-electron chi connectivity index (χ4n) is 3.40. The quantitative estimate of drug-likeness (QED) is 0.604. The van der Waals surface area contributed by atoms with E-state index in [-0.39, 0.29) is 5.91 Å². The summed E-state index contributed by atoms with van der Waals surface area (Å²) < 4.78 is 0. The van der Waals surface area contributed by atoms with Crippen LogP contribution in [-0.2, 0) is 0 Å². The first-order chi connectivity index (χ1) is 9.20. The van der Waals surface area contributed by atoms with Gasteiger partial charge in [-0.1, -0.05) is 24.3 Å². The first-order valence-corrected chi connectivity index (χ1v) is 8.05. The lowest BCUT2D eigenvalue weighted by Crippen LogP contribution is -2.44. The molecule has 2 aliphatic heterocycles. The maximum Gasteiger partial charge on any atom is 0.255 e. The Bertz CT molecular complexity index is 509. The smallest absolute Gasteiger partial charge is 0.255 e. The molecule has 19 heavy (non-hydrogen) atoms. The summed E-state index contributed by atoms with van der Waals surface area (Å²) in [5, 5.41) is 0. The maximum atomic E-state index is 12.8. The number of thioether (sulfide) groups is 1. The molecule has 2 unspecified atom stereocenters. The highest BCUT2D eigenvalue weighted by atomic mass is 32.2. The normalized spacial score (nSPS) is 25.7. The zero-order valence-electron chi connectivity index (χ0n) is 11.3. The highest BCUT2D eigenvalue weighted by molar-refractivity contribution is 7.98. The van der Waals surface area contributed by atoms with Gasteiger partial charge in [-0.15, -0.1) is 11.8 Å². The van der Waals surface area contributed by atoms with Gasteiger partial charge in [0.15, 0.2) is 0 Å². The summed E-state index contributed by atoms with van der Waals surface area (Å²) in [5.74, 6) is 0.213. The van der Waals surface area contributed by atoms with Gasteiger partial charge in [-0.25, -0.2) is 0 Å². The zero-order chi connectivity index (χ0) is 13.4. The Morgan fingerprint density at radius 2 is 1.89 bits per heavy atom. The van der Waals surface area contributed by atoms with Crippen molar-refractivity contribution in [1.29, 1.82) is 0 Å². The van der Waals surface area contributed by atoms with Crippen molar-refractivity contribution in [3.63, 3.8) is 0 Å². The lowest BCUT2D eigenvalue weighted by atomic mass is 9.97. The van der Waals surface area contributed by atoms with Crippen LogP contribution in [0.4, 0.5) is 0 Å². The SMILES string of the molecule is C=C1CC2CCC(C1)N2C(=O)c1ccccc1SC. The predicted octanol–water partition coefficient (Wildman–Crippen LogP) is 3.73. The van der Waals surface area contributed by atoms with Gasteiger partial charge in [0.05, 0.1) is 5.56 Å². The molecule has 2 nitrogen and oxygen atoms in total. The Morgan fingerprint density at radius 3 is 2.53 bits per heavy atom. The van der Waals surface area contributed by atoms with Crippen LogP contribution in [0.1, 0.15) is 36.0 Å². The number of rotatable bonds is 2. The van der Waals surface area contributed by atoms with E-state index in [0.717, 1.165) is 36.1 Å². The van der Waals surface area contributed by atoms with Gasteiger partial charge in [0.2, 0.25) is 0 Å². The summed E-state index contributed by atoms with van der Waals surface area (Å²) >= 11 is 1.65. The van der Waals surface area contributed by atoms with E-state index >= 15 is 0 Å². The van der Waals surface area contributed by atoms with Crippen LogP contribution in [0, 0.1) is 0 Å². The van der Waals surface area contributed by atoms with Gasteiger partial charge in [-0.3, -0.25) is 4.79 Å². The number of amides is 1. The van der Waals surface area contributed by atoms with E-state index in [1.165, 1.54) is 5.57 Å². The molecule has 2 bridgehead atoms. The van der Waals surface area contributed by atoms with Crippen LogP contribution in [-0.4, -0.2) is 29.1 Å². The lowest BCUT2D eigenvalue weighted by molar-refractivity contribution is 0.0631. The Balaban J connectivity index is 1.91. The Hall–Kier alpha value is -1.22. The Kier molecular flexibility index (Phi) is 3.40. The minimum Gasteiger partial charge on any atom is -0.332 e. The van der Waals surface area contributed by atoms with Crippen LogP contribution in [0.2, 0.25) is 0 Å². The lowest BCUT2D eigenvalue weighted by Gasteiger charge is -2.36. The summed E-state index contributed by atoms with van der Waals surface area (Å²) in [4.78, 5) is 16.0. The summed E-state index contributed by atoms with van der Waals surface area (Å²) in [6.45, 7) is 4.11. The number of nitrogens with zero attached hydrogens (tertiary/aromatic N) is 1. The standard InChI is InChI=1S/C16H19NOS/c1-11-9-12-7-8-13(10-11)17(12)16(18)14-5-3-4-6-15(14)19-2/h3-6,12-13H,1,7-10H2,2H3. The number of hydrogen-bond donors (Lipinski definition) is 0. The molecule has 2 saturated heterocycles. The van der Waals surface area contributed by atoms with Crippen molar-refractivity contribution in [1.82, 2.24) is 4.90 Å². The zero-order valence-corrected chi connectivity index (χ0v) is 12.1. The average molecular weight is 273 g/mol. The molecule has 2 heterocycles. The van der Waals surface area contributed by atoms with E-state index in [9.17, 15) is 4.79 Å². The first kappa shape index (κ1) is 12.8. The van der Waals surface area contributed by atoms with Gasteiger partial charge in [-0.05, 0) is 44.1 Å². The number of carbonyl (C=O) groups excluding carboxylic acids is 1. The van der Waals surface area contributed by atoms with E-state index in [1.54, 1.807) is 11.8 Å². The summed E-state index contributed by atoms with van der Waals surface area (Å²) in [6.07, 6.45) is 6.28. The third-order valence-electron chi connectivity index (χ3n) is 4.24. The van der Waals surface area contributed by atoms with E-state index in [0.29, 0.717) is 12.1 Å². The molecule has 0 N–H and O–H groups in total. The molecule has 2 atom stereocenters. The molecule has 0 aliphatic carbocycles. The van der Waals surface area contributed by atoms with E-state index in [4.69, 9.17) is 0 Å². The molecular weight excluding hydrogens is 254 g/mol. The highest BCUT2D eigenvalue weighted by Crippen LogP contribution is 2.39. The number of piperidine rings is 1. The van der Waals surface area contributed by atoms with E-state index in [1.807, 2.05) is 30.5 Å². The Labute approximate surface area is 118 Å². The van der Waals surface area contributed by atoms with Gasteiger partial charge < -0.3 is 4.90 Å². The van der Waals surface area contributed by atoms with Gasteiger partial charge in [-0.2, -0.15) is 0 Å². The van der Waals surface area contributed by atoms with Crippen molar-refractivity contribution in [2.45, 2.75) is 42.7 Å². The van der Waals surface area contributed by atoms with Crippen LogP contribution in [0.15, 0.2) is 41.3 Å². The molecule has 1 aromatic carbocycles. The van der Waals surface area contributed by atoms with Crippen molar-refractivity contribution >= 4 is 17.7 Å². The molecular formula is C16H19NOS. The molecule has 1 amide bonds. The van der Waals surface area contributed by atoms with Gasteiger partial charge in [0.1, 0.15) is 0 Å². The average Bonchev–Trinajstić information content (AvgIpc) is 2.70. The monoisotopic (exact) mass is 273 g/mol. The fourth-order valence-corrected chi connectivity index (χ4v) is 3.99. The second-order valence-electron chi connectivity index (χ2n) is 5.46. The number of carbonyl (C=O) groups is 1. The van der Waals surface area contributed by atoms with Gasteiger partial charge in [0, 0.05) is 17.0 Å². The molecule has 2 aliphatic rings. The van der Waals surface area contributed by atoms with E-state index < -0.39 is 0 Å². The molecule has 3 heteroatoms. The third-order valence-corrected chi connectivity index (χ3v) is 5.04. The molecule has 0 radical (unpaired) electrons. The van der Waals surface area contributed by atoms with Crippen molar-refractivity contribution in [2.75, 3.05) is 6.26 Å². The van der Waals surface area contributed by atoms with E-state index in [2.05, 4.69) is 11.5 Å². The summed E-state index contributed by atoms with van der Waals surface area (Å²) in [7, 11) is 0. The molecule has 2 fully saturated rings. The maximum absolute atomic E-state index is 12.8. The van der Waals surface area contributed by atoms with Crippen molar-refractivity contribution in [3.05, 3.63) is 42.0 Å². The molecule has 0 aromatic heterocycles. The van der Waals surface area contributed by atoms with Crippen LogP contribution in [0.3, 0.4) is 0 Å². The molecule has 1 aromatic rings. The van der Waals surface area contributed by atoms with Gasteiger partial charge >= 0.3 is 0 Å². The second kappa shape index (κ2) is 5.04. The Morgan fingerprint density at radius 1 is 1.26 bits per heavy atom.